The summed E-state index contributed by atoms with van der Waals surface area (Å²) in [5, 5.41) is 11.6. The molecule has 3 aliphatic carbocycles. The molecule has 1 unspecified atom stereocenters. The van der Waals surface area contributed by atoms with E-state index in [0.29, 0.717) is 56.0 Å². The smallest absolute Gasteiger partial charge is 0.444 e. The molecule has 4 fully saturated rings. The molecule has 13 nitrogen and oxygen atoms in total. The monoisotopic (exact) mass is 983 g/mol. The largest absolute Gasteiger partial charge is 0.461 e. The van der Waals surface area contributed by atoms with Gasteiger partial charge < -0.3 is 35.3 Å². The minimum atomic E-state index is -0.890. The zero-order chi connectivity index (χ0) is 52.1. The van der Waals surface area contributed by atoms with Gasteiger partial charge in [-0.25, -0.2) is 4.79 Å². The number of unbranched alkanes of at least 4 members (excludes halogenated alkanes) is 4. The van der Waals surface area contributed by atoms with E-state index in [4.69, 9.17) is 14.0 Å². The average molecular weight is 983 g/mol. The van der Waals surface area contributed by atoms with Gasteiger partial charge in [-0.3, -0.25) is 24.0 Å². The van der Waals surface area contributed by atoms with Crippen LogP contribution in [0.1, 0.15) is 182 Å². The minimum absolute atomic E-state index is 0.0116. The van der Waals surface area contributed by atoms with Crippen LogP contribution in [-0.4, -0.2) is 85.0 Å². The molecular formula is C57H87BN4O9. The van der Waals surface area contributed by atoms with E-state index in [1.165, 1.54) is 5.56 Å². The first-order chi connectivity index (χ1) is 33.6. The van der Waals surface area contributed by atoms with E-state index < -0.39 is 48.6 Å². The lowest BCUT2D eigenvalue weighted by Crippen LogP contribution is -2.65. The van der Waals surface area contributed by atoms with Crippen LogP contribution in [0.4, 0.5) is 4.79 Å². The van der Waals surface area contributed by atoms with E-state index >= 15 is 0 Å². The number of ether oxygens (including phenoxy) is 1. The van der Waals surface area contributed by atoms with Crippen molar-refractivity contribution in [2.75, 3.05) is 13.1 Å². The van der Waals surface area contributed by atoms with Crippen molar-refractivity contribution in [2.24, 2.45) is 29.1 Å². The number of nitrogens with one attached hydrogen (secondary N) is 4. The Morgan fingerprint density at radius 3 is 1.87 bits per heavy atom. The number of carbonyl (C=O) groups is 6. The third-order valence-electron chi connectivity index (χ3n) is 15.6. The Labute approximate surface area is 425 Å². The van der Waals surface area contributed by atoms with Crippen LogP contribution < -0.4 is 21.3 Å². The number of alkyl carbamates (subject to hydrolysis) is 1. The highest BCUT2D eigenvalue weighted by Gasteiger charge is 2.68. The first-order valence-corrected chi connectivity index (χ1v) is 27.0. The topological polar surface area (TPSA) is 178 Å². The summed E-state index contributed by atoms with van der Waals surface area (Å²) in [4.78, 5) is 80.9. The fraction of sp³-hybridized carbons (Fsp3) is 0.684. The predicted octanol–water partition coefficient (Wildman–Crippen LogP) is 10.4. The number of rotatable bonds is 28. The number of amides is 4. The van der Waals surface area contributed by atoms with Crippen molar-refractivity contribution in [1.82, 2.24) is 21.3 Å². The van der Waals surface area contributed by atoms with Crippen molar-refractivity contribution in [3.8, 4) is 11.1 Å². The summed E-state index contributed by atoms with van der Waals surface area (Å²) < 4.78 is 18.5. The second kappa shape index (κ2) is 25.9. The average Bonchev–Trinajstić information content (AvgIpc) is 3.69. The predicted molar refractivity (Wildman–Crippen MR) is 281 cm³/mol. The summed E-state index contributed by atoms with van der Waals surface area (Å²) in [7, 11) is -0.499. The van der Waals surface area contributed by atoms with Crippen molar-refractivity contribution < 1.29 is 42.8 Å². The van der Waals surface area contributed by atoms with Crippen LogP contribution in [0.25, 0.3) is 11.1 Å². The summed E-state index contributed by atoms with van der Waals surface area (Å²) in [5.41, 5.74) is 3.15. The van der Waals surface area contributed by atoms with Gasteiger partial charge in [0.2, 0.25) is 11.8 Å². The van der Waals surface area contributed by atoms with Gasteiger partial charge in [-0.1, -0.05) is 111 Å². The molecule has 6 rings (SSSR count). The molecule has 1 aliphatic heterocycles. The number of carbonyl (C=O) groups excluding carboxylic acids is 6. The minimum Gasteiger partial charge on any atom is -0.444 e. The number of Topliss-reactive ketones (excluding diaryl/α,β-unsaturated/α-hetero) is 2. The zero-order valence-electron chi connectivity index (χ0n) is 45.0. The molecule has 2 aromatic carbocycles. The van der Waals surface area contributed by atoms with E-state index in [-0.39, 0.29) is 65.7 Å². The zero-order valence-corrected chi connectivity index (χ0v) is 45.0. The lowest BCUT2D eigenvalue weighted by Gasteiger charge is -2.64. The molecule has 0 radical (unpaired) electrons. The maximum atomic E-state index is 14.1. The second-order valence-corrected chi connectivity index (χ2v) is 22.9. The summed E-state index contributed by atoms with van der Waals surface area (Å²) in [6, 6.07) is 14.5. The van der Waals surface area contributed by atoms with Crippen LogP contribution in [0.3, 0.4) is 0 Å². The van der Waals surface area contributed by atoms with Gasteiger partial charge in [0.15, 0.2) is 11.6 Å². The van der Waals surface area contributed by atoms with E-state index in [1.54, 1.807) is 34.6 Å². The van der Waals surface area contributed by atoms with Gasteiger partial charge in [-0.15, -0.1) is 0 Å². The van der Waals surface area contributed by atoms with Gasteiger partial charge in [0.1, 0.15) is 5.60 Å². The Hall–Kier alpha value is -4.56. The highest BCUT2D eigenvalue weighted by Crippen LogP contribution is 2.66. The van der Waals surface area contributed by atoms with E-state index in [9.17, 15) is 28.8 Å². The Balaban J connectivity index is 1.15. The lowest BCUT2D eigenvalue weighted by atomic mass is 9.43. The van der Waals surface area contributed by atoms with Crippen LogP contribution in [0.15, 0.2) is 48.5 Å². The van der Waals surface area contributed by atoms with Crippen LogP contribution in [-0.2, 0) is 39.6 Å². The number of aryl methyl sites for hydroxylation is 1. The fourth-order valence-electron chi connectivity index (χ4n) is 10.8. The third-order valence-corrected chi connectivity index (χ3v) is 15.6. The third kappa shape index (κ3) is 16.0. The SMILES string of the molecule is CCCCC[C@H](NC(=O)[C@H](C)CC(=O)[C@H](CCCCNC(=O)c1ccc(-c2ccc(CCCC)cc2)cc1)NC(=O)[C@@H](C)CCNC(=O)OC(C)(C)C)C(=O)C[C@@H](C)B1OC2C[C@@H]3C[C@@H](C3(C)C)[C@]2(C)O1. The highest BCUT2D eigenvalue weighted by atomic mass is 16.7. The van der Waals surface area contributed by atoms with Crippen LogP contribution in [0.5, 0.6) is 0 Å². The summed E-state index contributed by atoms with van der Waals surface area (Å²) in [6.45, 7) is 22.4. The van der Waals surface area contributed by atoms with Crippen molar-refractivity contribution >= 4 is 42.5 Å². The fourth-order valence-corrected chi connectivity index (χ4v) is 10.8. The van der Waals surface area contributed by atoms with Gasteiger partial charge in [0.25, 0.3) is 5.91 Å². The molecule has 71 heavy (non-hydrogen) atoms. The molecule has 4 aliphatic rings. The summed E-state index contributed by atoms with van der Waals surface area (Å²) >= 11 is 0. The van der Waals surface area contributed by atoms with Gasteiger partial charge in [0, 0.05) is 43.3 Å². The number of hydrogen-bond donors (Lipinski definition) is 4. The first kappa shape index (κ1) is 57.3. The molecule has 392 valence electrons. The maximum absolute atomic E-state index is 14.1. The Kier molecular flexibility index (Phi) is 20.9. The van der Waals surface area contributed by atoms with Crippen molar-refractivity contribution in [3.63, 3.8) is 0 Å². The molecule has 4 amide bonds. The molecule has 14 heteroatoms. The Morgan fingerprint density at radius 1 is 0.704 bits per heavy atom. The number of ketones is 2. The molecule has 9 atom stereocenters. The molecule has 1 heterocycles. The second-order valence-electron chi connectivity index (χ2n) is 22.9. The molecule has 1 saturated heterocycles. The Morgan fingerprint density at radius 2 is 1.28 bits per heavy atom. The van der Waals surface area contributed by atoms with Crippen LogP contribution >= 0.6 is 0 Å². The molecule has 0 aromatic heterocycles. The van der Waals surface area contributed by atoms with Gasteiger partial charge in [0.05, 0.1) is 23.8 Å². The first-order valence-electron chi connectivity index (χ1n) is 27.0. The van der Waals surface area contributed by atoms with Crippen molar-refractivity contribution in [3.05, 3.63) is 59.7 Å². The molecule has 4 N–H and O–H groups in total. The molecular weight excluding hydrogens is 895 g/mol. The van der Waals surface area contributed by atoms with Crippen molar-refractivity contribution in [2.45, 2.75) is 208 Å². The normalized spacial score (nSPS) is 22.1. The lowest BCUT2D eigenvalue weighted by molar-refractivity contribution is -0.199. The maximum Gasteiger partial charge on any atom is 0.461 e. The summed E-state index contributed by atoms with van der Waals surface area (Å²) in [5.74, 6) is -1.82. The summed E-state index contributed by atoms with van der Waals surface area (Å²) in [6.07, 6.45) is 9.77. The Bertz CT molecular complexity index is 2110. The standard InChI is InChI=1S/C57H87BN4O9/c1-12-14-16-20-46(48(64)34-39(5)58-70-50-36-44-35-49(56(44,9)10)57(50,11)71-58)62-52(66)38(4)33-47(63)45(61-51(65)37(3)30-32-60-54(68)69-55(6,7)8)21-17-18-31-59-53(67)43-28-26-42(27-29-43)41-24-22-40(23-25-41)19-15-13-2/h22-29,37-39,44-46,49-50H,12-21,30-36H2,1-11H3,(H,59,67)(H,60,68)(H,61,65)(H,62,66)/t37-,38+,39+,44-,45-,46-,49-,50?,57-/m0/s1. The van der Waals surface area contributed by atoms with E-state index in [0.717, 1.165) is 62.5 Å². The number of hydrogen-bond acceptors (Lipinski definition) is 9. The quantitative estimate of drug-likeness (QED) is 0.0477. The van der Waals surface area contributed by atoms with Crippen molar-refractivity contribution in [1.29, 1.82) is 0 Å². The molecule has 2 aromatic rings. The van der Waals surface area contributed by atoms with Crippen LogP contribution in [0, 0.1) is 29.1 Å². The number of benzene rings is 2. The molecule has 2 bridgehead atoms. The van der Waals surface area contributed by atoms with Gasteiger partial charge in [-0.05, 0) is 137 Å². The van der Waals surface area contributed by atoms with Gasteiger partial charge in [-0.2, -0.15) is 0 Å². The highest BCUT2D eigenvalue weighted by molar-refractivity contribution is 6.47. The van der Waals surface area contributed by atoms with Gasteiger partial charge >= 0.3 is 13.2 Å². The van der Waals surface area contributed by atoms with Crippen LogP contribution in [0.2, 0.25) is 5.82 Å². The molecule has 0 spiro atoms. The molecule has 3 saturated carbocycles. The van der Waals surface area contributed by atoms with E-state index in [2.05, 4.69) is 80.2 Å². The van der Waals surface area contributed by atoms with E-state index in [1.807, 2.05) is 31.2 Å².